The van der Waals surface area contributed by atoms with Gasteiger partial charge in [0.05, 0.1) is 22.0 Å². The SMILES string of the molecule is CCC1CC1n1c(C(C)Cl)nc2cc(C(F)(F)F)ccc21. The smallest absolute Gasteiger partial charge is 0.323 e. The predicted octanol–water partition coefficient (Wildman–Crippen LogP) is 5.33. The van der Waals surface area contributed by atoms with Crippen LogP contribution in [-0.4, -0.2) is 9.55 Å². The molecule has 21 heavy (non-hydrogen) atoms. The number of hydrogen-bond donors (Lipinski definition) is 0. The van der Waals surface area contributed by atoms with Gasteiger partial charge in [0.25, 0.3) is 0 Å². The zero-order chi connectivity index (χ0) is 15.4. The Morgan fingerprint density at radius 3 is 2.67 bits per heavy atom. The molecule has 114 valence electrons. The van der Waals surface area contributed by atoms with Gasteiger partial charge in [0, 0.05) is 6.04 Å². The normalized spacial score (nSPS) is 23.5. The number of benzene rings is 1. The van der Waals surface area contributed by atoms with Crippen LogP contribution in [0, 0.1) is 5.92 Å². The summed E-state index contributed by atoms with van der Waals surface area (Å²) in [4.78, 5) is 4.35. The summed E-state index contributed by atoms with van der Waals surface area (Å²) in [6.07, 6.45) is -2.25. The number of alkyl halides is 4. The first kappa shape index (κ1) is 14.7. The maximum atomic E-state index is 12.8. The van der Waals surface area contributed by atoms with Crippen LogP contribution in [0.25, 0.3) is 11.0 Å². The van der Waals surface area contributed by atoms with E-state index in [2.05, 4.69) is 11.9 Å². The molecular weight excluding hydrogens is 301 g/mol. The van der Waals surface area contributed by atoms with E-state index in [9.17, 15) is 13.2 Å². The molecule has 3 atom stereocenters. The van der Waals surface area contributed by atoms with Crippen molar-refractivity contribution in [3.8, 4) is 0 Å². The number of rotatable bonds is 3. The molecule has 6 heteroatoms. The summed E-state index contributed by atoms with van der Waals surface area (Å²) in [6, 6.07) is 4.05. The summed E-state index contributed by atoms with van der Waals surface area (Å²) in [6.45, 7) is 3.92. The van der Waals surface area contributed by atoms with E-state index in [1.807, 2.05) is 4.57 Å². The van der Waals surface area contributed by atoms with E-state index in [1.165, 1.54) is 6.07 Å². The number of hydrogen-bond acceptors (Lipinski definition) is 1. The lowest BCUT2D eigenvalue weighted by Gasteiger charge is -2.10. The van der Waals surface area contributed by atoms with Crippen LogP contribution in [0.1, 0.15) is 49.5 Å². The Kier molecular flexibility index (Phi) is 3.43. The average molecular weight is 317 g/mol. The molecular formula is C15H16ClF3N2. The number of fused-ring (bicyclic) bond motifs is 1. The summed E-state index contributed by atoms with van der Waals surface area (Å²) in [5, 5.41) is -0.329. The van der Waals surface area contributed by atoms with Crippen LogP contribution in [0.3, 0.4) is 0 Å². The van der Waals surface area contributed by atoms with Gasteiger partial charge in [-0.1, -0.05) is 13.3 Å². The molecule has 1 aromatic carbocycles. The number of imidazole rings is 1. The topological polar surface area (TPSA) is 17.8 Å². The van der Waals surface area contributed by atoms with Gasteiger partial charge in [0.2, 0.25) is 0 Å². The van der Waals surface area contributed by atoms with E-state index in [4.69, 9.17) is 11.6 Å². The second kappa shape index (κ2) is 4.90. The highest BCUT2D eigenvalue weighted by molar-refractivity contribution is 6.20. The molecule has 3 rings (SSSR count). The van der Waals surface area contributed by atoms with Gasteiger partial charge in [-0.05, 0) is 37.5 Å². The highest BCUT2D eigenvalue weighted by Gasteiger charge is 2.40. The van der Waals surface area contributed by atoms with Crippen LogP contribution in [0.5, 0.6) is 0 Å². The van der Waals surface area contributed by atoms with Crippen LogP contribution in [0.2, 0.25) is 0 Å². The first-order valence-electron chi connectivity index (χ1n) is 7.06. The van der Waals surface area contributed by atoms with Crippen LogP contribution < -0.4 is 0 Å². The Balaban J connectivity index is 2.14. The van der Waals surface area contributed by atoms with Gasteiger partial charge in [-0.2, -0.15) is 13.2 Å². The molecule has 1 heterocycles. The molecule has 1 aromatic heterocycles. The summed E-state index contributed by atoms with van der Waals surface area (Å²) >= 11 is 6.17. The van der Waals surface area contributed by atoms with Gasteiger partial charge < -0.3 is 4.57 Å². The number of aromatic nitrogens is 2. The maximum Gasteiger partial charge on any atom is 0.416 e. The third-order valence-corrected chi connectivity index (χ3v) is 4.34. The van der Waals surface area contributed by atoms with E-state index in [-0.39, 0.29) is 5.38 Å². The van der Waals surface area contributed by atoms with Crippen molar-refractivity contribution >= 4 is 22.6 Å². The largest absolute Gasteiger partial charge is 0.416 e. The van der Waals surface area contributed by atoms with Crippen molar-refractivity contribution in [2.24, 2.45) is 5.92 Å². The quantitative estimate of drug-likeness (QED) is 0.700. The molecule has 3 unspecified atom stereocenters. The molecule has 0 radical (unpaired) electrons. The van der Waals surface area contributed by atoms with E-state index in [0.717, 1.165) is 30.5 Å². The fraction of sp³-hybridized carbons (Fsp3) is 0.533. The van der Waals surface area contributed by atoms with Gasteiger partial charge >= 0.3 is 6.18 Å². The minimum absolute atomic E-state index is 0.313. The summed E-state index contributed by atoms with van der Waals surface area (Å²) in [5.41, 5.74) is 0.441. The molecule has 1 aliphatic rings. The van der Waals surface area contributed by atoms with Gasteiger partial charge in [-0.25, -0.2) is 4.98 Å². The van der Waals surface area contributed by atoms with Crippen molar-refractivity contribution in [3.05, 3.63) is 29.6 Å². The van der Waals surface area contributed by atoms with E-state index in [1.54, 1.807) is 6.92 Å². The fourth-order valence-corrected chi connectivity index (χ4v) is 3.06. The number of halogens is 4. The Morgan fingerprint density at radius 2 is 2.14 bits per heavy atom. The van der Waals surface area contributed by atoms with E-state index >= 15 is 0 Å². The average Bonchev–Trinajstić information content (AvgIpc) is 3.08. The van der Waals surface area contributed by atoms with Gasteiger partial charge in [-0.3, -0.25) is 0 Å². The molecule has 1 fully saturated rings. The Morgan fingerprint density at radius 1 is 1.43 bits per heavy atom. The highest BCUT2D eigenvalue weighted by atomic mass is 35.5. The molecule has 0 spiro atoms. The first-order chi connectivity index (χ1) is 9.82. The van der Waals surface area contributed by atoms with Crippen molar-refractivity contribution < 1.29 is 13.2 Å². The lowest BCUT2D eigenvalue weighted by molar-refractivity contribution is -0.137. The summed E-state index contributed by atoms with van der Waals surface area (Å²) < 4.78 is 40.5. The van der Waals surface area contributed by atoms with E-state index < -0.39 is 11.7 Å². The third-order valence-electron chi connectivity index (χ3n) is 4.14. The van der Waals surface area contributed by atoms with Gasteiger partial charge in [-0.15, -0.1) is 11.6 Å². The molecule has 0 N–H and O–H groups in total. The Bertz CT molecular complexity index is 675. The standard InChI is InChI=1S/C15H16ClF3N2/c1-3-9-6-13(9)21-12-5-4-10(15(17,18)19)7-11(12)20-14(21)8(2)16/h4-5,7-9,13H,3,6H2,1-2H3. The lowest BCUT2D eigenvalue weighted by atomic mass is 10.2. The Hall–Kier alpha value is -1.23. The molecule has 0 saturated heterocycles. The molecule has 1 aliphatic carbocycles. The second-order valence-corrected chi connectivity index (χ2v) is 6.28. The monoisotopic (exact) mass is 316 g/mol. The van der Waals surface area contributed by atoms with Crippen molar-refractivity contribution in [3.63, 3.8) is 0 Å². The maximum absolute atomic E-state index is 12.8. The molecule has 0 bridgehead atoms. The fourth-order valence-electron chi connectivity index (χ4n) is 2.91. The first-order valence-corrected chi connectivity index (χ1v) is 7.49. The van der Waals surface area contributed by atoms with E-state index in [0.29, 0.717) is 23.3 Å². The number of nitrogens with zero attached hydrogens (tertiary/aromatic N) is 2. The van der Waals surface area contributed by atoms with Crippen LogP contribution in [0.4, 0.5) is 13.2 Å². The molecule has 2 nitrogen and oxygen atoms in total. The van der Waals surface area contributed by atoms with Gasteiger partial charge in [0.1, 0.15) is 5.82 Å². The molecule has 0 amide bonds. The van der Waals surface area contributed by atoms with Crippen LogP contribution in [-0.2, 0) is 6.18 Å². The summed E-state index contributed by atoms with van der Waals surface area (Å²) in [5.74, 6) is 1.23. The minimum atomic E-state index is -4.35. The predicted molar refractivity (Wildman–Crippen MR) is 76.4 cm³/mol. The molecule has 2 aromatic rings. The third kappa shape index (κ3) is 2.52. The zero-order valence-corrected chi connectivity index (χ0v) is 12.5. The Labute approximate surface area is 125 Å². The van der Waals surface area contributed by atoms with Crippen molar-refractivity contribution in [1.82, 2.24) is 9.55 Å². The highest BCUT2D eigenvalue weighted by Crippen LogP contribution is 2.48. The second-order valence-electron chi connectivity index (χ2n) is 5.63. The lowest BCUT2D eigenvalue weighted by Crippen LogP contribution is -2.05. The van der Waals surface area contributed by atoms with Crippen molar-refractivity contribution in [2.75, 3.05) is 0 Å². The van der Waals surface area contributed by atoms with Crippen LogP contribution >= 0.6 is 11.6 Å². The van der Waals surface area contributed by atoms with Crippen LogP contribution in [0.15, 0.2) is 18.2 Å². The summed E-state index contributed by atoms with van der Waals surface area (Å²) in [7, 11) is 0. The molecule has 1 saturated carbocycles. The molecule has 0 aliphatic heterocycles. The van der Waals surface area contributed by atoms with Gasteiger partial charge in [0.15, 0.2) is 0 Å². The van der Waals surface area contributed by atoms with Crippen molar-refractivity contribution in [1.29, 1.82) is 0 Å². The van der Waals surface area contributed by atoms with Crippen molar-refractivity contribution in [2.45, 2.75) is 44.3 Å². The zero-order valence-electron chi connectivity index (χ0n) is 11.8. The minimum Gasteiger partial charge on any atom is -0.323 e.